The normalized spacial score (nSPS) is 13.3. The number of nitrogens with zero attached hydrogens (tertiary/aromatic N) is 1. The Morgan fingerprint density at radius 3 is 2.71 bits per heavy atom. The van der Waals surface area contributed by atoms with Crippen LogP contribution in [-0.2, 0) is 4.79 Å². The van der Waals surface area contributed by atoms with E-state index in [1.165, 1.54) is 0 Å². The molecule has 0 atom stereocenters. The summed E-state index contributed by atoms with van der Waals surface area (Å²) in [7, 11) is 1.97. The topological polar surface area (TPSA) is 38.8 Å². The predicted octanol–water partition coefficient (Wildman–Crippen LogP) is 1.87. The van der Waals surface area contributed by atoms with Crippen LogP contribution in [0.15, 0.2) is 18.2 Å². The van der Waals surface area contributed by atoms with Crippen molar-refractivity contribution in [1.29, 1.82) is 0 Å². The van der Waals surface area contributed by atoms with Gasteiger partial charge in [0, 0.05) is 31.8 Å². The Morgan fingerprint density at radius 2 is 2.00 bits per heavy atom. The van der Waals surface area contributed by atoms with Gasteiger partial charge < -0.3 is 14.4 Å². The van der Waals surface area contributed by atoms with E-state index in [1.807, 2.05) is 30.1 Å². The van der Waals surface area contributed by atoms with E-state index >= 15 is 0 Å². The summed E-state index contributed by atoms with van der Waals surface area (Å²) in [5, 5.41) is 0. The molecule has 0 radical (unpaired) electrons. The number of carbonyl (C=O) groups is 1. The lowest BCUT2D eigenvalue weighted by Crippen LogP contribution is -2.21. The number of hydrogen-bond acceptors (Lipinski definition) is 4. The first-order chi connectivity index (χ1) is 8.16. The highest BCUT2D eigenvalue weighted by molar-refractivity contribution is 5.76. The van der Waals surface area contributed by atoms with E-state index in [0.717, 1.165) is 23.7 Å². The average molecular weight is 235 g/mol. The highest BCUT2D eigenvalue weighted by Crippen LogP contribution is 2.33. The number of fused-ring (bicyclic) bond motifs is 1. The molecular weight excluding hydrogens is 218 g/mol. The second kappa shape index (κ2) is 5.08. The van der Waals surface area contributed by atoms with Gasteiger partial charge in [0.05, 0.1) is 0 Å². The zero-order valence-corrected chi connectivity index (χ0v) is 10.2. The number of rotatable bonds is 4. The lowest BCUT2D eigenvalue weighted by molar-refractivity contribution is -0.116. The molecule has 1 aliphatic rings. The molecule has 2 rings (SSSR count). The van der Waals surface area contributed by atoms with Gasteiger partial charge >= 0.3 is 0 Å². The van der Waals surface area contributed by atoms with Crippen molar-refractivity contribution >= 4 is 11.5 Å². The van der Waals surface area contributed by atoms with E-state index in [0.29, 0.717) is 19.6 Å². The molecule has 0 aliphatic carbocycles. The van der Waals surface area contributed by atoms with Gasteiger partial charge in [-0.1, -0.05) is 0 Å². The quantitative estimate of drug-likeness (QED) is 0.798. The third kappa shape index (κ3) is 2.90. The smallest absolute Gasteiger partial charge is 0.163 e. The Hall–Kier alpha value is -1.71. The second-order valence-corrected chi connectivity index (χ2v) is 4.20. The number of Topliss-reactive ketones (excluding diaryl/α,β-unsaturated/α-hetero) is 1. The van der Waals surface area contributed by atoms with Crippen molar-refractivity contribution in [1.82, 2.24) is 0 Å². The summed E-state index contributed by atoms with van der Waals surface area (Å²) < 4.78 is 11.0. The molecule has 1 aliphatic heterocycles. The first-order valence-electron chi connectivity index (χ1n) is 5.77. The molecule has 4 nitrogen and oxygen atoms in total. The molecule has 92 valence electrons. The van der Waals surface area contributed by atoms with Gasteiger partial charge in [-0.25, -0.2) is 0 Å². The van der Waals surface area contributed by atoms with Crippen molar-refractivity contribution < 1.29 is 14.3 Å². The van der Waals surface area contributed by atoms with Crippen LogP contribution < -0.4 is 14.4 Å². The summed E-state index contributed by atoms with van der Waals surface area (Å²) in [5.74, 6) is 1.78. The standard InChI is InChI=1S/C13H17NO3/c1-10(15)5-6-14(2)11-3-4-12-13(9-11)17-8-7-16-12/h3-4,9H,5-8H2,1-2H3. The Labute approximate surface area is 101 Å². The zero-order chi connectivity index (χ0) is 12.3. The van der Waals surface area contributed by atoms with Gasteiger partial charge in [-0.05, 0) is 19.1 Å². The molecule has 4 heteroatoms. The Bertz CT molecular complexity index is 417. The van der Waals surface area contributed by atoms with Crippen LogP contribution in [-0.4, -0.2) is 32.6 Å². The molecule has 0 aromatic heterocycles. The summed E-state index contributed by atoms with van der Waals surface area (Å²) in [5.41, 5.74) is 1.04. The van der Waals surface area contributed by atoms with E-state index < -0.39 is 0 Å². The number of benzene rings is 1. The molecular formula is C13H17NO3. The van der Waals surface area contributed by atoms with Crippen molar-refractivity contribution in [2.75, 3.05) is 31.7 Å². The molecule has 1 aromatic carbocycles. The van der Waals surface area contributed by atoms with Gasteiger partial charge in [0.25, 0.3) is 0 Å². The first-order valence-corrected chi connectivity index (χ1v) is 5.77. The van der Waals surface area contributed by atoms with Crippen LogP contribution in [0.4, 0.5) is 5.69 Å². The van der Waals surface area contributed by atoms with Crippen LogP contribution in [0.5, 0.6) is 11.5 Å². The van der Waals surface area contributed by atoms with E-state index in [-0.39, 0.29) is 5.78 Å². The Balaban J connectivity index is 2.08. The third-order valence-electron chi connectivity index (χ3n) is 2.77. The third-order valence-corrected chi connectivity index (χ3v) is 2.77. The Morgan fingerprint density at radius 1 is 1.29 bits per heavy atom. The maximum atomic E-state index is 10.9. The summed E-state index contributed by atoms with van der Waals surface area (Å²) in [6.45, 7) is 3.52. The summed E-state index contributed by atoms with van der Waals surface area (Å²) in [6, 6.07) is 5.84. The minimum atomic E-state index is 0.203. The van der Waals surface area contributed by atoms with Crippen LogP contribution in [0.3, 0.4) is 0 Å². The highest BCUT2D eigenvalue weighted by atomic mass is 16.6. The van der Waals surface area contributed by atoms with Gasteiger partial charge in [-0.3, -0.25) is 4.79 Å². The summed E-state index contributed by atoms with van der Waals surface area (Å²) in [6.07, 6.45) is 0.560. The number of anilines is 1. The molecule has 0 saturated heterocycles. The largest absolute Gasteiger partial charge is 0.486 e. The molecule has 0 amide bonds. The number of ether oxygens (including phenoxy) is 2. The molecule has 0 spiro atoms. The molecule has 1 aromatic rings. The number of hydrogen-bond donors (Lipinski definition) is 0. The molecule has 0 saturated carbocycles. The second-order valence-electron chi connectivity index (χ2n) is 4.20. The van der Waals surface area contributed by atoms with E-state index in [1.54, 1.807) is 6.92 Å². The van der Waals surface area contributed by atoms with Crippen molar-refractivity contribution in [2.24, 2.45) is 0 Å². The molecule has 0 fully saturated rings. The molecule has 0 unspecified atom stereocenters. The first kappa shape index (κ1) is 11.8. The fourth-order valence-corrected chi connectivity index (χ4v) is 1.72. The minimum Gasteiger partial charge on any atom is -0.486 e. The van der Waals surface area contributed by atoms with Crippen molar-refractivity contribution in [2.45, 2.75) is 13.3 Å². The number of ketones is 1. The van der Waals surface area contributed by atoms with Crippen molar-refractivity contribution in [3.05, 3.63) is 18.2 Å². The molecule has 1 heterocycles. The van der Waals surface area contributed by atoms with Gasteiger partial charge in [0.2, 0.25) is 0 Å². The SMILES string of the molecule is CC(=O)CCN(C)c1ccc2c(c1)OCCO2. The van der Waals surface area contributed by atoms with Gasteiger partial charge in [-0.15, -0.1) is 0 Å². The van der Waals surface area contributed by atoms with Gasteiger partial charge in [0.1, 0.15) is 19.0 Å². The lowest BCUT2D eigenvalue weighted by atomic mass is 10.2. The van der Waals surface area contributed by atoms with E-state index in [9.17, 15) is 4.79 Å². The van der Waals surface area contributed by atoms with Gasteiger partial charge in [-0.2, -0.15) is 0 Å². The molecule has 0 N–H and O–H groups in total. The van der Waals surface area contributed by atoms with Crippen molar-refractivity contribution in [3.63, 3.8) is 0 Å². The van der Waals surface area contributed by atoms with E-state index in [2.05, 4.69) is 0 Å². The maximum Gasteiger partial charge on any atom is 0.163 e. The Kier molecular flexibility index (Phi) is 3.52. The van der Waals surface area contributed by atoms with Crippen LogP contribution >= 0.6 is 0 Å². The summed E-state index contributed by atoms with van der Waals surface area (Å²) in [4.78, 5) is 13.0. The van der Waals surface area contributed by atoms with E-state index in [4.69, 9.17) is 9.47 Å². The minimum absolute atomic E-state index is 0.203. The number of carbonyl (C=O) groups excluding carboxylic acids is 1. The van der Waals surface area contributed by atoms with Crippen molar-refractivity contribution in [3.8, 4) is 11.5 Å². The zero-order valence-electron chi connectivity index (χ0n) is 10.2. The van der Waals surface area contributed by atoms with Crippen LogP contribution in [0.2, 0.25) is 0 Å². The fraction of sp³-hybridized carbons (Fsp3) is 0.462. The van der Waals surface area contributed by atoms with Crippen LogP contribution in [0.25, 0.3) is 0 Å². The van der Waals surface area contributed by atoms with Crippen LogP contribution in [0.1, 0.15) is 13.3 Å². The van der Waals surface area contributed by atoms with Crippen LogP contribution in [0, 0.1) is 0 Å². The predicted molar refractivity (Wildman–Crippen MR) is 66.0 cm³/mol. The molecule has 17 heavy (non-hydrogen) atoms. The fourth-order valence-electron chi connectivity index (χ4n) is 1.72. The highest BCUT2D eigenvalue weighted by Gasteiger charge is 2.13. The molecule has 0 bridgehead atoms. The monoisotopic (exact) mass is 235 g/mol. The lowest BCUT2D eigenvalue weighted by Gasteiger charge is -2.23. The average Bonchev–Trinajstić information content (AvgIpc) is 2.35. The maximum absolute atomic E-state index is 10.9. The van der Waals surface area contributed by atoms with Gasteiger partial charge in [0.15, 0.2) is 11.5 Å². The summed E-state index contributed by atoms with van der Waals surface area (Å²) >= 11 is 0.